The molecule has 5 heteroatoms. The summed E-state index contributed by atoms with van der Waals surface area (Å²) in [6.45, 7) is 2.72. The molecule has 0 unspecified atom stereocenters. The van der Waals surface area contributed by atoms with Crippen molar-refractivity contribution >= 4 is 17.7 Å². The number of hydrogen-bond donors (Lipinski definition) is 2. The first-order valence-electron chi connectivity index (χ1n) is 10.0. The van der Waals surface area contributed by atoms with Gasteiger partial charge in [0.15, 0.2) is 0 Å². The Kier molecular flexibility index (Phi) is 6.69. The molecule has 0 atom stereocenters. The van der Waals surface area contributed by atoms with Gasteiger partial charge in [-0.25, -0.2) is 9.59 Å². The van der Waals surface area contributed by atoms with E-state index in [1.807, 2.05) is 6.07 Å². The maximum Gasteiger partial charge on any atom is 0.338 e. The first-order valence-corrected chi connectivity index (χ1v) is 10.0. The molecule has 3 rings (SSSR count). The van der Waals surface area contributed by atoms with Crippen LogP contribution in [0.1, 0.15) is 54.9 Å². The van der Waals surface area contributed by atoms with E-state index in [9.17, 15) is 9.59 Å². The molecule has 1 aliphatic carbocycles. The van der Waals surface area contributed by atoms with E-state index in [1.54, 1.807) is 31.2 Å². The van der Waals surface area contributed by atoms with E-state index < -0.39 is 0 Å². The summed E-state index contributed by atoms with van der Waals surface area (Å²) in [6.07, 6.45) is 5.81. The molecule has 0 aliphatic heterocycles. The Bertz CT molecular complexity index is 781. The third-order valence-corrected chi connectivity index (χ3v) is 5.44. The molecule has 2 aromatic carbocycles. The standard InChI is InChI=1S/C23H28N2O3/c1-2-28-21(26)18-11-13-20(14-12-18)25-22(27)24-17-23(15-7-4-8-16-23)19-9-5-3-6-10-19/h3,5-6,9-14H,2,4,7-8,15-17H2,1H3,(H2,24,25,27). The van der Waals surface area contributed by atoms with Gasteiger partial charge in [-0.05, 0) is 49.6 Å². The molecule has 1 fully saturated rings. The third kappa shape index (κ3) is 4.91. The van der Waals surface area contributed by atoms with E-state index in [4.69, 9.17) is 4.74 Å². The second kappa shape index (κ2) is 9.40. The van der Waals surface area contributed by atoms with Crippen LogP contribution in [0.25, 0.3) is 0 Å². The van der Waals surface area contributed by atoms with Gasteiger partial charge in [-0.15, -0.1) is 0 Å². The summed E-state index contributed by atoms with van der Waals surface area (Å²) in [6, 6.07) is 17.0. The van der Waals surface area contributed by atoms with Crippen LogP contribution in [-0.2, 0) is 10.2 Å². The molecule has 0 saturated heterocycles. The molecule has 5 nitrogen and oxygen atoms in total. The second-order valence-corrected chi connectivity index (χ2v) is 7.31. The Balaban J connectivity index is 1.60. The number of carbonyl (C=O) groups is 2. The highest BCUT2D eigenvalue weighted by Crippen LogP contribution is 2.38. The van der Waals surface area contributed by atoms with Crippen LogP contribution in [0.3, 0.4) is 0 Å². The summed E-state index contributed by atoms with van der Waals surface area (Å²) in [4.78, 5) is 24.1. The van der Waals surface area contributed by atoms with Gasteiger partial charge >= 0.3 is 12.0 Å². The highest BCUT2D eigenvalue weighted by atomic mass is 16.5. The Labute approximate surface area is 166 Å². The average molecular weight is 380 g/mol. The molecule has 0 spiro atoms. The summed E-state index contributed by atoms with van der Waals surface area (Å²) < 4.78 is 4.97. The molecule has 1 saturated carbocycles. The van der Waals surface area contributed by atoms with Crippen molar-refractivity contribution in [3.05, 3.63) is 65.7 Å². The van der Waals surface area contributed by atoms with Gasteiger partial charge in [0.25, 0.3) is 0 Å². The van der Waals surface area contributed by atoms with Crippen molar-refractivity contribution in [2.45, 2.75) is 44.4 Å². The molecule has 1 aliphatic rings. The number of esters is 1. The highest BCUT2D eigenvalue weighted by Gasteiger charge is 2.34. The van der Waals surface area contributed by atoms with Crippen molar-refractivity contribution in [1.29, 1.82) is 0 Å². The largest absolute Gasteiger partial charge is 0.462 e. The lowest BCUT2D eigenvalue weighted by molar-refractivity contribution is 0.0526. The molecule has 2 aromatic rings. The minimum Gasteiger partial charge on any atom is -0.462 e. The number of ether oxygens (including phenoxy) is 1. The zero-order valence-electron chi connectivity index (χ0n) is 16.4. The molecule has 2 amide bonds. The van der Waals surface area contributed by atoms with E-state index >= 15 is 0 Å². The van der Waals surface area contributed by atoms with Gasteiger partial charge in [0, 0.05) is 17.6 Å². The van der Waals surface area contributed by atoms with Crippen LogP contribution in [0.4, 0.5) is 10.5 Å². The first-order chi connectivity index (χ1) is 13.6. The van der Waals surface area contributed by atoms with Crippen molar-refractivity contribution in [2.75, 3.05) is 18.5 Å². The molecular formula is C23H28N2O3. The number of nitrogens with one attached hydrogen (secondary N) is 2. The summed E-state index contributed by atoms with van der Waals surface area (Å²) in [7, 11) is 0. The normalized spacial score (nSPS) is 15.5. The van der Waals surface area contributed by atoms with E-state index in [0.717, 1.165) is 12.8 Å². The first kappa shape index (κ1) is 19.9. The van der Waals surface area contributed by atoms with E-state index in [2.05, 4.69) is 34.9 Å². The average Bonchev–Trinajstić information content (AvgIpc) is 2.74. The van der Waals surface area contributed by atoms with Crippen molar-refractivity contribution in [3.63, 3.8) is 0 Å². The van der Waals surface area contributed by atoms with Gasteiger partial charge in [0.2, 0.25) is 0 Å². The number of carbonyl (C=O) groups excluding carboxylic acids is 2. The molecule has 2 N–H and O–H groups in total. The van der Waals surface area contributed by atoms with Crippen molar-refractivity contribution < 1.29 is 14.3 Å². The number of benzene rings is 2. The molecule has 0 heterocycles. The lowest BCUT2D eigenvalue weighted by Crippen LogP contribution is -2.43. The second-order valence-electron chi connectivity index (χ2n) is 7.31. The van der Waals surface area contributed by atoms with Gasteiger partial charge in [-0.2, -0.15) is 0 Å². The maximum atomic E-state index is 12.4. The number of anilines is 1. The minimum absolute atomic E-state index is 0.00458. The monoisotopic (exact) mass is 380 g/mol. The maximum absolute atomic E-state index is 12.4. The summed E-state index contributed by atoms with van der Waals surface area (Å²) in [5, 5.41) is 5.90. The van der Waals surface area contributed by atoms with Crippen LogP contribution >= 0.6 is 0 Å². The van der Waals surface area contributed by atoms with Crippen LogP contribution in [0.15, 0.2) is 54.6 Å². The molecule has 28 heavy (non-hydrogen) atoms. The van der Waals surface area contributed by atoms with Crippen LogP contribution in [0.5, 0.6) is 0 Å². The van der Waals surface area contributed by atoms with Crippen LogP contribution in [0.2, 0.25) is 0 Å². The van der Waals surface area contributed by atoms with Gasteiger partial charge in [-0.1, -0.05) is 49.6 Å². The lowest BCUT2D eigenvalue weighted by atomic mass is 9.69. The number of rotatable bonds is 6. The SMILES string of the molecule is CCOC(=O)c1ccc(NC(=O)NCC2(c3ccccc3)CCCCC2)cc1. The van der Waals surface area contributed by atoms with Crippen LogP contribution in [0, 0.1) is 0 Å². The Morgan fingerprint density at radius 1 is 0.964 bits per heavy atom. The third-order valence-electron chi connectivity index (χ3n) is 5.44. The summed E-state index contributed by atoms with van der Waals surface area (Å²) in [5.41, 5.74) is 2.42. The van der Waals surface area contributed by atoms with Crippen molar-refractivity contribution in [3.8, 4) is 0 Å². The number of urea groups is 1. The Morgan fingerprint density at radius 2 is 1.64 bits per heavy atom. The molecule has 148 valence electrons. The van der Waals surface area contributed by atoms with Crippen molar-refractivity contribution in [1.82, 2.24) is 5.32 Å². The molecule has 0 radical (unpaired) electrons. The molecule has 0 aromatic heterocycles. The fourth-order valence-electron chi connectivity index (χ4n) is 3.92. The number of hydrogen-bond acceptors (Lipinski definition) is 3. The Hall–Kier alpha value is -2.82. The zero-order valence-corrected chi connectivity index (χ0v) is 16.4. The summed E-state index contributed by atoms with van der Waals surface area (Å²) >= 11 is 0. The zero-order chi connectivity index (χ0) is 19.8. The van der Waals surface area contributed by atoms with Crippen molar-refractivity contribution in [2.24, 2.45) is 0 Å². The Morgan fingerprint density at radius 3 is 2.29 bits per heavy atom. The number of amides is 2. The molecular weight excluding hydrogens is 352 g/mol. The fourth-order valence-corrected chi connectivity index (χ4v) is 3.92. The van der Waals surface area contributed by atoms with Crippen LogP contribution < -0.4 is 10.6 Å². The quantitative estimate of drug-likeness (QED) is 0.702. The van der Waals surface area contributed by atoms with Gasteiger partial charge in [0.1, 0.15) is 0 Å². The minimum atomic E-state index is -0.361. The topological polar surface area (TPSA) is 67.4 Å². The summed E-state index contributed by atoms with van der Waals surface area (Å²) in [5.74, 6) is -0.361. The van der Waals surface area contributed by atoms with Gasteiger partial charge < -0.3 is 15.4 Å². The van der Waals surface area contributed by atoms with Gasteiger partial charge in [0.05, 0.1) is 12.2 Å². The predicted octanol–water partition coefficient (Wildman–Crippen LogP) is 4.89. The highest BCUT2D eigenvalue weighted by molar-refractivity contribution is 5.92. The van der Waals surface area contributed by atoms with E-state index in [1.165, 1.54) is 24.8 Å². The smallest absolute Gasteiger partial charge is 0.338 e. The fraction of sp³-hybridized carbons (Fsp3) is 0.391. The predicted molar refractivity (Wildman–Crippen MR) is 111 cm³/mol. The van der Waals surface area contributed by atoms with E-state index in [-0.39, 0.29) is 17.4 Å². The lowest BCUT2D eigenvalue weighted by Gasteiger charge is -2.38. The van der Waals surface area contributed by atoms with Crippen LogP contribution in [-0.4, -0.2) is 25.2 Å². The van der Waals surface area contributed by atoms with Gasteiger partial charge in [-0.3, -0.25) is 0 Å². The van der Waals surface area contributed by atoms with E-state index in [0.29, 0.717) is 24.4 Å². The molecule has 0 bridgehead atoms.